The predicted octanol–water partition coefficient (Wildman–Crippen LogP) is 3.53. The van der Waals surface area contributed by atoms with Crippen LogP contribution in [0.2, 0.25) is 5.02 Å². The fourth-order valence-corrected chi connectivity index (χ4v) is 2.26. The van der Waals surface area contributed by atoms with Crippen molar-refractivity contribution in [1.82, 2.24) is 5.43 Å². The summed E-state index contributed by atoms with van der Waals surface area (Å²) in [4.78, 5) is 0. The summed E-state index contributed by atoms with van der Waals surface area (Å²) in [6, 6.07) is 12.4. The Labute approximate surface area is 117 Å². The summed E-state index contributed by atoms with van der Waals surface area (Å²) in [7, 11) is 0. The minimum absolute atomic E-state index is 0.279. The van der Waals surface area contributed by atoms with Crippen LogP contribution in [0, 0.1) is 12.7 Å². The molecule has 2 nitrogen and oxygen atoms in total. The van der Waals surface area contributed by atoms with Gasteiger partial charge in [0, 0.05) is 10.6 Å². The zero-order chi connectivity index (χ0) is 13.8. The summed E-state index contributed by atoms with van der Waals surface area (Å²) >= 11 is 5.76. The molecule has 0 aliphatic rings. The molecule has 3 N–H and O–H groups in total. The summed E-state index contributed by atoms with van der Waals surface area (Å²) in [6.45, 7) is 2.03. The van der Waals surface area contributed by atoms with Crippen LogP contribution in [0.4, 0.5) is 4.39 Å². The van der Waals surface area contributed by atoms with Crippen molar-refractivity contribution in [1.29, 1.82) is 0 Å². The third kappa shape index (κ3) is 3.32. The Morgan fingerprint density at radius 3 is 2.63 bits per heavy atom. The van der Waals surface area contributed by atoms with Crippen molar-refractivity contribution in [3.63, 3.8) is 0 Å². The molecule has 100 valence electrons. The second kappa shape index (κ2) is 6.15. The molecule has 2 aromatic rings. The number of hydrogen-bond acceptors (Lipinski definition) is 2. The van der Waals surface area contributed by atoms with Crippen molar-refractivity contribution in [2.75, 3.05) is 0 Å². The molecule has 0 saturated carbocycles. The van der Waals surface area contributed by atoms with E-state index in [4.69, 9.17) is 17.4 Å². The Bertz CT molecular complexity index is 572. The van der Waals surface area contributed by atoms with Crippen molar-refractivity contribution in [3.05, 3.63) is 70.0 Å². The van der Waals surface area contributed by atoms with E-state index >= 15 is 0 Å². The number of nitrogens with two attached hydrogens (primary N) is 1. The van der Waals surface area contributed by atoms with E-state index in [9.17, 15) is 4.39 Å². The van der Waals surface area contributed by atoms with Crippen LogP contribution in [0.25, 0.3) is 0 Å². The molecule has 4 heteroatoms. The van der Waals surface area contributed by atoms with E-state index in [2.05, 4.69) is 5.43 Å². The highest BCUT2D eigenvalue weighted by Crippen LogP contribution is 2.24. The number of hydrazine groups is 1. The van der Waals surface area contributed by atoms with Crippen LogP contribution in [0.3, 0.4) is 0 Å². The molecule has 0 spiro atoms. The van der Waals surface area contributed by atoms with Gasteiger partial charge in [0.15, 0.2) is 0 Å². The van der Waals surface area contributed by atoms with E-state index in [0.29, 0.717) is 17.0 Å². The second-order valence-corrected chi connectivity index (χ2v) is 4.95. The number of benzene rings is 2. The van der Waals surface area contributed by atoms with Crippen LogP contribution >= 0.6 is 11.6 Å². The van der Waals surface area contributed by atoms with Gasteiger partial charge in [0.2, 0.25) is 0 Å². The molecule has 1 atom stereocenters. The zero-order valence-electron chi connectivity index (χ0n) is 10.7. The largest absolute Gasteiger partial charge is 0.271 e. The van der Waals surface area contributed by atoms with Crippen molar-refractivity contribution in [3.8, 4) is 0 Å². The Balaban J connectivity index is 2.28. The first kappa shape index (κ1) is 14.0. The van der Waals surface area contributed by atoms with Gasteiger partial charge in [-0.25, -0.2) is 4.39 Å². The fraction of sp³-hybridized carbons (Fsp3) is 0.200. The lowest BCUT2D eigenvalue weighted by atomic mass is 9.96. The van der Waals surface area contributed by atoms with Crippen molar-refractivity contribution in [2.24, 2.45) is 5.84 Å². The molecule has 0 aliphatic heterocycles. The molecule has 0 saturated heterocycles. The summed E-state index contributed by atoms with van der Waals surface area (Å²) in [5.74, 6) is 5.22. The van der Waals surface area contributed by atoms with Gasteiger partial charge >= 0.3 is 0 Å². The van der Waals surface area contributed by atoms with Crippen LogP contribution in [0.15, 0.2) is 42.5 Å². The minimum atomic E-state index is -0.343. The lowest BCUT2D eigenvalue weighted by Gasteiger charge is -2.18. The second-order valence-electron chi connectivity index (χ2n) is 4.52. The van der Waals surface area contributed by atoms with Crippen LogP contribution in [-0.4, -0.2) is 0 Å². The molecule has 0 bridgehead atoms. The molecule has 0 amide bonds. The van der Waals surface area contributed by atoms with Gasteiger partial charge in [0.1, 0.15) is 5.82 Å². The van der Waals surface area contributed by atoms with Crippen LogP contribution < -0.4 is 11.3 Å². The van der Waals surface area contributed by atoms with E-state index in [1.165, 1.54) is 6.07 Å². The van der Waals surface area contributed by atoms with E-state index in [1.807, 2.05) is 31.2 Å². The molecule has 0 aromatic heterocycles. The highest BCUT2D eigenvalue weighted by atomic mass is 35.5. The van der Waals surface area contributed by atoms with Crippen LogP contribution in [0.5, 0.6) is 0 Å². The Morgan fingerprint density at radius 2 is 2.00 bits per heavy atom. The standard InChI is InChI=1S/C15H16ClFN2/c1-10-4-2-3-5-11(10)8-15(19-18)13-7-6-12(16)9-14(13)17/h2-7,9,15,19H,8,18H2,1H3. The first-order valence-corrected chi connectivity index (χ1v) is 6.45. The number of nitrogens with one attached hydrogen (secondary N) is 1. The minimum Gasteiger partial charge on any atom is -0.271 e. The monoisotopic (exact) mass is 278 g/mol. The number of rotatable bonds is 4. The lowest BCUT2D eigenvalue weighted by molar-refractivity contribution is 0.510. The third-order valence-corrected chi connectivity index (χ3v) is 3.46. The maximum Gasteiger partial charge on any atom is 0.129 e. The highest BCUT2D eigenvalue weighted by Gasteiger charge is 2.16. The number of aryl methyl sites for hydroxylation is 1. The summed E-state index contributed by atoms with van der Waals surface area (Å²) < 4.78 is 13.9. The van der Waals surface area contributed by atoms with E-state index in [-0.39, 0.29) is 11.9 Å². The van der Waals surface area contributed by atoms with Gasteiger partial charge in [-0.15, -0.1) is 0 Å². The van der Waals surface area contributed by atoms with E-state index < -0.39 is 0 Å². The van der Waals surface area contributed by atoms with Gasteiger partial charge in [-0.1, -0.05) is 41.9 Å². The van der Waals surface area contributed by atoms with Gasteiger partial charge in [-0.3, -0.25) is 11.3 Å². The molecule has 0 radical (unpaired) electrons. The quantitative estimate of drug-likeness (QED) is 0.663. The molecule has 0 fully saturated rings. The molecular formula is C15H16ClFN2. The Kier molecular flexibility index (Phi) is 4.53. The SMILES string of the molecule is Cc1ccccc1CC(NN)c1ccc(Cl)cc1F. The van der Waals surface area contributed by atoms with Crippen molar-refractivity contribution < 1.29 is 4.39 Å². The molecular weight excluding hydrogens is 263 g/mol. The first-order valence-electron chi connectivity index (χ1n) is 6.07. The van der Waals surface area contributed by atoms with Gasteiger partial charge in [-0.05, 0) is 36.6 Å². The zero-order valence-corrected chi connectivity index (χ0v) is 11.4. The third-order valence-electron chi connectivity index (χ3n) is 3.22. The van der Waals surface area contributed by atoms with Gasteiger partial charge < -0.3 is 0 Å². The fourth-order valence-electron chi connectivity index (χ4n) is 2.10. The normalized spacial score (nSPS) is 12.4. The van der Waals surface area contributed by atoms with E-state index in [1.54, 1.807) is 12.1 Å². The Morgan fingerprint density at radius 1 is 1.26 bits per heavy atom. The molecule has 19 heavy (non-hydrogen) atoms. The first-order chi connectivity index (χ1) is 9.11. The number of hydrogen-bond donors (Lipinski definition) is 2. The average Bonchev–Trinajstić information content (AvgIpc) is 2.39. The van der Waals surface area contributed by atoms with Gasteiger partial charge in [0.25, 0.3) is 0 Å². The maximum absolute atomic E-state index is 13.9. The van der Waals surface area contributed by atoms with Crippen LogP contribution in [0.1, 0.15) is 22.7 Å². The topological polar surface area (TPSA) is 38.0 Å². The molecule has 1 unspecified atom stereocenters. The highest BCUT2D eigenvalue weighted by molar-refractivity contribution is 6.30. The Hall–Kier alpha value is -1.42. The summed E-state index contributed by atoms with van der Waals surface area (Å²) in [6.07, 6.45) is 0.627. The average molecular weight is 279 g/mol. The number of halogens is 2. The predicted molar refractivity (Wildman–Crippen MR) is 76.4 cm³/mol. The molecule has 2 rings (SSSR count). The van der Waals surface area contributed by atoms with Gasteiger partial charge in [-0.2, -0.15) is 0 Å². The van der Waals surface area contributed by atoms with Crippen LogP contribution in [-0.2, 0) is 6.42 Å². The molecule has 2 aromatic carbocycles. The smallest absolute Gasteiger partial charge is 0.129 e. The van der Waals surface area contributed by atoms with Gasteiger partial charge in [0.05, 0.1) is 6.04 Å². The maximum atomic E-state index is 13.9. The lowest BCUT2D eigenvalue weighted by Crippen LogP contribution is -2.30. The van der Waals surface area contributed by atoms with E-state index in [0.717, 1.165) is 11.1 Å². The molecule has 0 aliphatic carbocycles. The summed E-state index contributed by atoms with van der Waals surface area (Å²) in [5, 5.41) is 0.382. The molecule has 0 heterocycles. The summed E-state index contributed by atoms with van der Waals surface area (Å²) in [5.41, 5.74) is 5.50. The van der Waals surface area contributed by atoms with Crippen molar-refractivity contribution in [2.45, 2.75) is 19.4 Å². The van der Waals surface area contributed by atoms with Crippen molar-refractivity contribution >= 4 is 11.6 Å².